The maximum absolute atomic E-state index is 6.87. The van der Waals surface area contributed by atoms with Crippen LogP contribution in [0.3, 0.4) is 0 Å². The van der Waals surface area contributed by atoms with Gasteiger partial charge in [0.15, 0.2) is 0 Å². The molecule has 5 heteroatoms. The number of rotatable bonds is 2. The summed E-state index contributed by atoms with van der Waals surface area (Å²) < 4.78 is 12.7. The number of hydrogen-bond donors (Lipinski definition) is 0. The van der Waals surface area contributed by atoms with Gasteiger partial charge >= 0.3 is 0 Å². The highest BCUT2D eigenvalue weighted by Crippen LogP contribution is 2.64. The van der Waals surface area contributed by atoms with Gasteiger partial charge in [-0.2, -0.15) is 9.78 Å². The van der Waals surface area contributed by atoms with Gasteiger partial charge < -0.3 is 9.47 Å². The van der Waals surface area contributed by atoms with Crippen molar-refractivity contribution >= 4 is 5.90 Å². The van der Waals surface area contributed by atoms with Crippen molar-refractivity contribution < 1.29 is 19.2 Å². The van der Waals surface area contributed by atoms with E-state index in [2.05, 4.69) is 38.1 Å². The molecule has 4 bridgehead atoms. The van der Waals surface area contributed by atoms with Crippen LogP contribution in [0, 0.1) is 23.7 Å². The van der Waals surface area contributed by atoms with Crippen LogP contribution >= 0.6 is 0 Å². The zero-order valence-electron chi connectivity index (χ0n) is 19.3. The number of benzene rings is 1. The molecule has 2 heterocycles. The Hall–Kier alpha value is -1.43. The van der Waals surface area contributed by atoms with Crippen molar-refractivity contribution in [2.45, 2.75) is 94.7 Å². The van der Waals surface area contributed by atoms with Gasteiger partial charge in [-0.3, -0.25) is 0 Å². The van der Waals surface area contributed by atoms with E-state index in [4.69, 9.17) is 24.2 Å². The van der Waals surface area contributed by atoms with Gasteiger partial charge in [0.1, 0.15) is 6.61 Å². The average Bonchev–Trinajstić information content (AvgIpc) is 3.34. The minimum absolute atomic E-state index is 0.121. The summed E-state index contributed by atoms with van der Waals surface area (Å²) in [5.41, 5.74) is 2.35. The van der Waals surface area contributed by atoms with Gasteiger partial charge in [-0.25, -0.2) is 4.99 Å². The Bertz CT molecular complexity index is 899. The van der Waals surface area contributed by atoms with Crippen molar-refractivity contribution in [1.29, 1.82) is 0 Å². The molecule has 1 aromatic carbocycles. The molecule has 0 aromatic heterocycles. The number of hydrogen-bond acceptors (Lipinski definition) is 5. The molecule has 32 heavy (non-hydrogen) atoms. The lowest BCUT2D eigenvalue weighted by Gasteiger charge is -2.57. The molecule has 1 saturated heterocycles. The molecule has 2 aliphatic heterocycles. The summed E-state index contributed by atoms with van der Waals surface area (Å²) >= 11 is 0. The highest BCUT2D eigenvalue weighted by molar-refractivity contribution is 5.95. The van der Waals surface area contributed by atoms with Crippen molar-refractivity contribution in [1.82, 2.24) is 0 Å². The van der Waals surface area contributed by atoms with Gasteiger partial charge in [0, 0.05) is 30.2 Å². The minimum Gasteiger partial charge on any atom is -0.475 e. The molecule has 0 atom stereocenters. The molecule has 7 aliphatic rings. The van der Waals surface area contributed by atoms with E-state index in [1.807, 2.05) is 0 Å². The average molecular weight is 438 g/mol. The van der Waals surface area contributed by atoms with Gasteiger partial charge in [-0.15, -0.1) is 0 Å². The Kier molecular flexibility index (Phi) is 4.25. The van der Waals surface area contributed by atoms with Crippen LogP contribution in [0.1, 0.15) is 88.7 Å². The van der Waals surface area contributed by atoms with Crippen LogP contribution in [-0.2, 0) is 19.2 Å². The van der Waals surface area contributed by atoms with E-state index in [0.29, 0.717) is 24.4 Å². The molecule has 6 fully saturated rings. The Balaban J connectivity index is 1.03. The fourth-order valence-electron chi connectivity index (χ4n) is 7.82. The van der Waals surface area contributed by atoms with E-state index >= 15 is 0 Å². The molecular weight excluding hydrogens is 402 g/mol. The molecule has 0 unspecified atom stereocenters. The predicted octanol–water partition coefficient (Wildman–Crippen LogP) is 5.73. The van der Waals surface area contributed by atoms with Crippen LogP contribution in [-0.4, -0.2) is 29.6 Å². The monoisotopic (exact) mass is 437 g/mol. The Labute approximate surface area is 190 Å². The number of nitrogens with zero attached hydrogens (tertiary/aromatic N) is 1. The van der Waals surface area contributed by atoms with Gasteiger partial charge in [0.25, 0.3) is 0 Å². The summed E-state index contributed by atoms with van der Waals surface area (Å²) in [7, 11) is 0. The molecular formula is C27H35NO4. The Morgan fingerprint density at radius 1 is 0.844 bits per heavy atom. The van der Waals surface area contributed by atoms with Gasteiger partial charge in [0.2, 0.25) is 17.5 Å². The summed E-state index contributed by atoms with van der Waals surface area (Å²) in [6.07, 6.45) is 10.5. The minimum atomic E-state index is -0.524. The molecule has 5 aliphatic carbocycles. The standard InChI is InChI=1S/C27H35NO4/c1-25(2)16-29-24(28-25)21-5-3-19(4-6-21)20-7-9-26(10-8-20)30-27(32-31-26)22-12-17-11-18(14-22)15-23(27)13-17/h3-6,17-18,20,22-23H,7-16H2,1-2H3. The van der Waals surface area contributed by atoms with Gasteiger partial charge in [0.05, 0.1) is 5.54 Å². The molecule has 8 rings (SSSR count). The van der Waals surface area contributed by atoms with E-state index in [-0.39, 0.29) is 5.54 Å². The third kappa shape index (κ3) is 3.04. The Morgan fingerprint density at radius 2 is 1.50 bits per heavy atom. The van der Waals surface area contributed by atoms with Crippen LogP contribution in [0.4, 0.5) is 0 Å². The van der Waals surface area contributed by atoms with Gasteiger partial charge in [-0.05, 0) is 94.2 Å². The summed E-state index contributed by atoms with van der Waals surface area (Å²) in [4.78, 5) is 17.0. The van der Waals surface area contributed by atoms with Crippen molar-refractivity contribution in [2.24, 2.45) is 28.7 Å². The predicted molar refractivity (Wildman–Crippen MR) is 120 cm³/mol. The van der Waals surface area contributed by atoms with Crippen LogP contribution < -0.4 is 0 Å². The second-order valence-electron chi connectivity index (χ2n) is 12.1. The largest absolute Gasteiger partial charge is 0.475 e. The quantitative estimate of drug-likeness (QED) is 0.555. The molecule has 172 valence electrons. The third-order valence-electron chi connectivity index (χ3n) is 9.29. The molecule has 0 N–H and O–H groups in total. The molecule has 5 saturated carbocycles. The summed E-state index contributed by atoms with van der Waals surface area (Å²) in [5.74, 6) is 3.22. The van der Waals surface area contributed by atoms with Crippen molar-refractivity contribution in [3.63, 3.8) is 0 Å². The second-order valence-corrected chi connectivity index (χ2v) is 12.1. The van der Waals surface area contributed by atoms with Crippen LogP contribution in [0.5, 0.6) is 0 Å². The Morgan fingerprint density at radius 3 is 2.09 bits per heavy atom. The first kappa shape index (κ1) is 20.0. The lowest BCUT2D eigenvalue weighted by atomic mass is 9.53. The first-order valence-corrected chi connectivity index (χ1v) is 12.8. The SMILES string of the molecule is CC1(C)COC(c2ccc(C3CCC4(CC3)OOC3(O4)C4CC5CC(C4)CC3C5)cc2)=N1. The third-order valence-corrected chi connectivity index (χ3v) is 9.29. The molecule has 5 nitrogen and oxygen atoms in total. The first-order valence-electron chi connectivity index (χ1n) is 12.8. The van der Waals surface area contributed by atoms with E-state index < -0.39 is 11.6 Å². The van der Waals surface area contributed by atoms with Crippen LogP contribution in [0.2, 0.25) is 0 Å². The molecule has 1 aromatic rings. The highest BCUT2D eigenvalue weighted by Gasteiger charge is 2.66. The van der Waals surface area contributed by atoms with E-state index in [9.17, 15) is 0 Å². The topological polar surface area (TPSA) is 49.3 Å². The van der Waals surface area contributed by atoms with E-state index in [1.54, 1.807) is 0 Å². The summed E-state index contributed by atoms with van der Waals surface area (Å²) in [5, 5.41) is 0. The van der Waals surface area contributed by atoms with E-state index in [0.717, 1.165) is 49.0 Å². The molecule has 2 spiro atoms. The number of aliphatic imine (C=N–C) groups is 1. The molecule has 0 amide bonds. The lowest BCUT2D eigenvalue weighted by Crippen LogP contribution is -2.59. The maximum Gasteiger partial charge on any atom is 0.216 e. The second kappa shape index (κ2) is 6.80. The fourth-order valence-corrected chi connectivity index (χ4v) is 7.82. The van der Waals surface area contributed by atoms with Crippen molar-refractivity contribution in [3.05, 3.63) is 35.4 Å². The zero-order valence-corrected chi connectivity index (χ0v) is 19.3. The lowest BCUT2D eigenvalue weighted by molar-refractivity contribution is -0.390. The van der Waals surface area contributed by atoms with Crippen molar-refractivity contribution in [2.75, 3.05) is 6.61 Å². The van der Waals surface area contributed by atoms with Crippen LogP contribution in [0.25, 0.3) is 0 Å². The van der Waals surface area contributed by atoms with Crippen LogP contribution in [0.15, 0.2) is 29.3 Å². The molecule has 0 radical (unpaired) electrons. The summed E-state index contributed by atoms with van der Waals surface area (Å²) in [6.45, 7) is 4.87. The summed E-state index contributed by atoms with van der Waals surface area (Å²) in [6, 6.07) is 8.83. The van der Waals surface area contributed by atoms with E-state index in [1.165, 1.54) is 37.7 Å². The van der Waals surface area contributed by atoms with Crippen molar-refractivity contribution in [3.8, 4) is 0 Å². The number of ether oxygens (including phenoxy) is 2. The fraction of sp³-hybridized carbons (Fsp3) is 0.741. The van der Waals surface area contributed by atoms with Gasteiger partial charge in [-0.1, -0.05) is 12.1 Å². The maximum atomic E-state index is 6.87. The first-order chi connectivity index (χ1) is 15.4. The zero-order chi connectivity index (χ0) is 21.6. The normalized spacial score (nSPS) is 46.1. The highest BCUT2D eigenvalue weighted by atomic mass is 17.3. The smallest absolute Gasteiger partial charge is 0.216 e.